The number of nitrogens with zero attached hydrogens (tertiary/aromatic N) is 1. The highest BCUT2D eigenvalue weighted by atomic mass is 32.1. The number of hydrogen-bond donors (Lipinski definition) is 1. The van der Waals surface area contributed by atoms with E-state index >= 15 is 0 Å². The number of nitrogens with one attached hydrogen (secondary N) is 1. The van der Waals surface area contributed by atoms with E-state index in [1.165, 1.54) is 0 Å². The Bertz CT molecular complexity index is 779. The lowest BCUT2D eigenvalue weighted by Gasteiger charge is -2.06. The molecule has 0 radical (unpaired) electrons. The summed E-state index contributed by atoms with van der Waals surface area (Å²) in [5, 5.41) is 6.12. The van der Waals surface area contributed by atoms with Gasteiger partial charge in [-0.2, -0.15) is 0 Å². The summed E-state index contributed by atoms with van der Waals surface area (Å²) in [6, 6.07) is 17.5. The second-order valence-corrected chi connectivity index (χ2v) is 6.17. The smallest absolute Gasteiger partial charge is 0.251 e. The number of carbonyl (C=O) groups excluding carboxylic acids is 1. The van der Waals surface area contributed by atoms with Crippen molar-refractivity contribution in [2.24, 2.45) is 0 Å². The van der Waals surface area contributed by atoms with Gasteiger partial charge in [-0.05, 0) is 24.1 Å². The van der Waals surface area contributed by atoms with Crippen LogP contribution in [-0.2, 0) is 13.0 Å². The number of thiazole rings is 1. The molecule has 116 valence electrons. The van der Waals surface area contributed by atoms with Crippen LogP contribution in [0.2, 0.25) is 0 Å². The molecular formula is C19H18N2OS. The van der Waals surface area contributed by atoms with Gasteiger partial charge in [0.1, 0.15) is 0 Å². The fourth-order valence-electron chi connectivity index (χ4n) is 2.28. The standard InChI is InChI=1S/C19H18N2OS/c1-2-18-21-17(13-23-18)15-8-10-16(11-9-15)19(22)20-12-14-6-4-3-5-7-14/h3-11,13H,2,12H2,1H3,(H,20,22). The maximum atomic E-state index is 12.2. The van der Waals surface area contributed by atoms with E-state index in [0.29, 0.717) is 12.1 Å². The average Bonchev–Trinajstić information content (AvgIpc) is 3.10. The number of benzene rings is 2. The summed E-state index contributed by atoms with van der Waals surface area (Å²) in [6.45, 7) is 2.64. The number of carbonyl (C=O) groups is 1. The van der Waals surface area contributed by atoms with Gasteiger partial charge in [0.05, 0.1) is 10.7 Å². The van der Waals surface area contributed by atoms with E-state index < -0.39 is 0 Å². The van der Waals surface area contributed by atoms with Gasteiger partial charge in [0.15, 0.2) is 0 Å². The van der Waals surface area contributed by atoms with Crippen molar-refractivity contribution in [2.45, 2.75) is 19.9 Å². The Balaban J connectivity index is 1.65. The summed E-state index contributed by atoms with van der Waals surface area (Å²) in [6.07, 6.45) is 0.949. The molecule has 3 aromatic rings. The van der Waals surface area contributed by atoms with Crippen LogP contribution in [0.1, 0.15) is 27.9 Å². The minimum absolute atomic E-state index is 0.0621. The fourth-order valence-corrected chi connectivity index (χ4v) is 3.03. The van der Waals surface area contributed by atoms with E-state index in [2.05, 4.69) is 22.6 Å². The van der Waals surface area contributed by atoms with Crippen LogP contribution in [0.5, 0.6) is 0 Å². The summed E-state index contributed by atoms with van der Waals surface area (Å²) >= 11 is 1.67. The quantitative estimate of drug-likeness (QED) is 0.761. The monoisotopic (exact) mass is 322 g/mol. The minimum atomic E-state index is -0.0621. The number of hydrogen-bond acceptors (Lipinski definition) is 3. The Labute approximate surface area is 140 Å². The van der Waals surface area contributed by atoms with Crippen molar-refractivity contribution < 1.29 is 4.79 Å². The molecule has 23 heavy (non-hydrogen) atoms. The average molecular weight is 322 g/mol. The molecule has 0 saturated heterocycles. The highest BCUT2D eigenvalue weighted by molar-refractivity contribution is 7.09. The number of amides is 1. The zero-order valence-corrected chi connectivity index (χ0v) is 13.8. The van der Waals surface area contributed by atoms with Crippen LogP contribution in [-0.4, -0.2) is 10.9 Å². The van der Waals surface area contributed by atoms with Crippen LogP contribution in [0.4, 0.5) is 0 Å². The molecule has 3 nitrogen and oxygen atoms in total. The van der Waals surface area contributed by atoms with E-state index in [0.717, 1.165) is 28.2 Å². The molecule has 0 aliphatic rings. The molecule has 1 N–H and O–H groups in total. The number of rotatable bonds is 5. The predicted molar refractivity (Wildman–Crippen MR) is 94.5 cm³/mol. The molecular weight excluding hydrogens is 304 g/mol. The predicted octanol–water partition coefficient (Wildman–Crippen LogP) is 4.30. The molecule has 0 aliphatic heterocycles. The van der Waals surface area contributed by atoms with E-state index in [-0.39, 0.29) is 5.91 Å². The van der Waals surface area contributed by atoms with Crippen LogP contribution in [0.25, 0.3) is 11.3 Å². The van der Waals surface area contributed by atoms with Crippen molar-refractivity contribution in [3.8, 4) is 11.3 Å². The van der Waals surface area contributed by atoms with E-state index in [9.17, 15) is 4.79 Å². The van der Waals surface area contributed by atoms with Gasteiger partial charge in [-0.3, -0.25) is 4.79 Å². The molecule has 0 unspecified atom stereocenters. The second kappa shape index (κ2) is 7.20. The van der Waals surface area contributed by atoms with Crippen LogP contribution >= 0.6 is 11.3 Å². The molecule has 0 bridgehead atoms. The van der Waals surface area contributed by atoms with Gasteiger partial charge < -0.3 is 5.32 Å². The summed E-state index contributed by atoms with van der Waals surface area (Å²) in [7, 11) is 0. The molecule has 0 aliphatic carbocycles. The van der Waals surface area contributed by atoms with Crippen molar-refractivity contribution >= 4 is 17.2 Å². The van der Waals surface area contributed by atoms with Gasteiger partial charge in [-0.25, -0.2) is 4.98 Å². The van der Waals surface area contributed by atoms with Gasteiger partial charge in [0, 0.05) is 23.1 Å². The Morgan fingerprint density at radius 1 is 1.09 bits per heavy atom. The summed E-state index contributed by atoms with van der Waals surface area (Å²) in [5.74, 6) is -0.0621. The first kappa shape index (κ1) is 15.4. The first-order valence-electron chi connectivity index (χ1n) is 7.63. The number of aromatic nitrogens is 1. The van der Waals surface area contributed by atoms with Gasteiger partial charge in [-0.15, -0.1) is 11.3 Å². The Morgan fingerprint density at radius 2 is 1.83 bits per heavy atom. The lowest BCUT2D eigenvalue weighted by molar-refractivity contribution is 0.0951. The van der Waals surface area contributed by atoms with Crippen LogP contribution in [0.3, 0.4) is 0 Å². The topological polar surface area (TPSA) is 42.0 Å². The zero-order chi connectivity index (χ0) is 16.1. The van der Waals surface area contributed by atoms with Crippen molar-refractivity contribution in [2.75, 3.05) is 0 Å². The molecule has 0 fully saturated rings. The first-order valence-corrected chi connectivity index (χ1v) is 8.51. The maximum Gasteiger partial charge on any atom is 0.251 e. The first-order chi connectivity index (χ1) is 11.3. The van der Waals surface area contributed by atoms with E-state index in [1.807, 2.05) is 54.6 Å². The molecule has 2 aromatic carbocycles. The third-order valence-electron chi connectivity index (χ3n) is 3.59. The van der Waals surface area contributed by atoms with E-state index in [4.69, 9.17) is 0 Å². The lowest BCUT2D eigenvalue weighted by Crippen LogP contribution is -2.22. The third kappa shape index (κ3) is 3.85. The van der Waals surface area contributed by atoms with Crippen molar-refractivity contribution in [3.05, 3.63) is 76.1 Å². The van der Waals surface area contributed by atoms with Crippen LogP contribution in [0.15, 0.2) is 60.0 Å². The molecule has 0 spiro atoms. The molecule has 1 amide bonds. The largest absolute Gasteiger partial charge is 0.348 e. The SMILES string of the molecule is CCc1nc(-c2ccc(C(=O)NCc3ccccc3)cc2)cs1. The Morgan fingerprint density at radius 3 is 2.48 bits per heavy atom. The fraction of sp³-hybridized carbons (Fsp3) is 0.158. The van der Waals surface area contributed by atoms with Crippen molar-refractivity contribution in [1.82, 2.24) is 10.3 Å². The Kier molecular flexibility index (Phi) is 4.83. The number of aryl methyl sites for hydroxylation is 1. The summed E-state index contributed by atoms with van der Waals surface area (Å²) in [4.78, 5) is 16.8. The van der Waals surface area contributed by atoms with Crippen molar-refractivity contribution in [1.29, 1.82) is 0 Å². The molecule has 0 saturated carbocycles. The molecule has 0 atom stereocenters. The lowest BCUT2D eigenvalue weighted by atomic mass is 10.1. The summed E-state index contributed by atoms with van der Waals surface area (Å²) < 4.78 is 0. The molecule has 3 rings (SSSR count). The highest BCUT2D eigenvalue weighted by Gasteiger charge is 2.07. The second-order valence-electron chi connectivity index (χ2n) is 5.23. The molecule has 1 heterocycles. The minimum Gasteiger partial charge on any atom is -0.348 e. The van der Waals surface area contributed by atoms with Crippen LogP contribution in [0, 0.1) is 0 Å². The van der Waals surface area contributed by atoms with Crippen LogP contribution < -0.4 is 5.32 Å². The molecule has 4 heteroatoms. The maximum absolute atomic E-state index is 12.2. The van der Waals surface area contributed by atoms with Gasteiger partial charge in [0.2, 0.25) is 0 Å². The zero-order valence-electron chi connectivity index (χ0n) is 13.0. The third-order valence-corrected chi connectivity index (χ3v) is 4.59. The van der Waals surface area contributed by atoms with Gasteiger partial charge in [0.25, 0.3) is 5.91 Å². The van der Waals surface area contributed by atoms with Gasteiger partial charge in [-0.1, -0.05) is 49.4 Å². The van der Waals surface area contributed by atoms with Gasteiger partial charge >= 0.3 is 0 Å². The highest BCUT2D eigenvalue weighted by Crippen LogP contribution is 2.22. The normalized spacial score (nSPS) is 10.5. The molecule has 1 aromatic heterocycles. The Hall–Kier alpha value is -2.46. The van der Waals surface area contributed by atoms with E-state index in [1.54, 1.807) is 11.3 Å². The van der Waals surface area contributed by atoms with Crippen molar-refractivity contribution in [3.63, 3.8) is 0 Å². The summed E-state index contributed by atoms with van der Waals surface area (Å²) in [5.41, 5.74) is 3.77.